The van der Waals surface area contributed by atoms with Crippen LogP contribution < -0.4 is 20.1 Å². The molecule has 0 radical (unpaired) electrons. The first kappa shape index (κ1) is 18.5. The Morgan fingerprint density at radius 2 is 1.90 bits per heavy atom. The van der Waals surface area contributed by atoms with E-state index in [1.165, 1.54) is 7.11 Å². The van der Waals surface area contributed by atoms with E-state index in [1.807, 2.05) is 30.3 Å². The summed E-state index contributed by atoms with van der Waals surface area (Å²) in [5.74, 6) is 1.18. The van der Waals surface area contributed by atoms with E-state index < -0.39 is 6.04 Å². The normalized spacial score (nSPS) is 15.2. The lowest BCUT2D eigenvalue weighted by Crippen LogP contribution is -2.35. The molecule has 1 aliphatic heterocycles. The molecule has 1 unspecified atom stereocenters. The molecule has 0 saturated heterocycles. The van der Waals surface area contributed by atoms with Gasteiger partial charge in [0, 0.05) is 11.6 Å². The number of fused-ring (bicyclic) bond motifs is 1. The number of nitrogens with one attached hydrogen (secondary N) is 2. The third-order valence-electron chi connectivity index (χ3n) is 4.73. The molecule has 0 saturated carbocycles. The Labute approximate surface area is 167 Å². The smallest absolute Gasteiger partial charge is 0.249 e. The molecule has 2 aromatic carbocycles. The van der Waals surface area contributed by atoms with Crippen LogP contribution >= 0.6 is 0 Å². The summed E-state index contributed by atoms with van der Waals surface area (Å²) in [5.41, 5.74) is 2.04. The van der Waals surface area contributed by atoms with Crippen molar-refractivity contribution < 1.29 is 19.1 Å². The second-order valence-electron chi connectivity index (χ2n) is 6.55. The fourth-order valence-corrected chi connectivity index (χ4v) is 3.25. The summed E-state index contributed by atoms with van der Waals surface area (Å²) >= 11 is 0. The van der Waals surface area contributed by atoms with E-state index >= 15 is 0 Å². The molecule has 2 N–H and O–H groups in total. The first-order valence-corrected chi connectivity index (χ1v) is 9.06. The number of amides is 2. The summed E-state index contributed by atoms with van der Waals surface area (Å²) in [6, 6.07) is 15.5. The number of para-hydroxylation sites is 2. The Kier molecular flexibility index (Phi) is 4.90. The molecular weight excluding hydrogens is 372 g/mol. The fraction of sp³-hybridized carbons (Fsp3) is 0.190. The summed E-state index contributed by atoms with van der Waals surface area (Å²) in [6.45, 7) is 0. The first-order chi connectivity index (χ1) is 14.1. The zero-order valence-electron chi connectivity index (χ0n) is 16.0. The van der Waals surface area contributed by atoms with E-state index in [4.69, 9.17) is 9.47 Å². The van der Waals surface area contributed by atoms with Gasteiger partial charge in [0.1, 0.15) is 23.4 Å². The number of hydrogen-bond acceptors (Lipinski definition) is 5. The summed E-state index contributed by atoms with van der Waals surface area (Å²) in [4.78, 5) is 25.1. The van der Waals surface area contributed by atoms with Crippen LogP contribution in [0, 0.1) is 0 Å². The van der Waals surface area contributed by atoms with Crippen LogP contribution in [0.25, 0.3) is 11.3 Å². The largest absolute Gasteiger partial charge is 0.497 e. The highest BCUT2D eigenvalue weighted by molar-refractivity contribution is 6.02. The SMILES string of the molecule is COc1ccc(-c2cc3n(n2)C(C(=O)Nc2ccccc2OC)CC(=O)N3)cc1. The highest BCUT2D eigenvalue weighted by Gasteiger charge is 2.32. The number of aromatic nitrogens is 2. The molecule has 3 aromatic rings. The lowest BCUT2D eigenvalue weighted by Gasteiger charge is -2.24. The maximum atomic E-state index is 12.9. The Balaban J connectivity index is 1.63. The van der Waals surface area contributed by atoms with Crippen molar-refractivity contribution in [1.82, 2.24) is 9.78 Å². The van der Waals surface area contributed by atoms with Crippen molar-refractivity contribution in [3.63, 3.8) is 0 Å². The molecule has 8 heteroatoms. The summed E-state index contributed by atoms with van der Waals surface area (Å²) in [6.07, 6.45) is -0.00227. The summed E-state index contributed by atoms with van der Waals surface area (Å²) in [7, 11) is 3.14. The number of carbonyl (C=O) groups is 2. The number of methoxy groups -OCH3 is 2. The van der Waals surface area contributed by atoms with Crippen LogP contribution in [0.1, 0.15) is 12.5 Å². The number of benzene rings is 2. The van der Waals surface area contributed by atoms with Crippen molar-refractivity contribution in [2.24, 2.45) is 0 Å². The van der Waals surface area contributed by atoms with Crippen LogP contribution in [-0.2, 0) is 9.59 Å². The maximum absolute atomic E-state index is 12.9. The van der Waals surface area contributed by atoms with Crippen LogP contribution in [0.3, 0.4) is 0 Å². The fourth-order valence-electron chi connectivity index (χ4n) is 3.25. The molecule has 0 aliphatic carbocycles. The van der Waals surface area contributed by atoms with E-state index in [0.29, 0.717) is 22.9 Å². The van der Waals surface area contributed by atoms with Gasteiger partial charge in [-0.1, -0.05) is 12.1 Å². The van der Waals surface area contributed by atoms with E-state index in [2.05, 4.69) is 15.7 Å². The number of hydrogen-bond donors (Lipinski definition) is 2. The van der Waals surface area contributed by atoms with E-state index in [9.17, 15) is 9.59 Å². The molecular formula is C21H20N4O4. The highest BCUT2D eigenvalue weighted by atomic mass is 16.5. The molecule has 148 valence electrons. The van der Waals surface area contributed by atoms with Crippen molar-refractivity contribution in [1.29, 1.82) is 0 Å². The second kappa shape index (κ2) is 7.67. The van der Waals surface area contributed by atoms with E-state index in [-0.39, 0.29) is 18.2 Å². The maximum Gasteiger partial charge on any atom is 0.249 e. The molecule has 4 rings (SSSR count). The third-order valence-corrected chi connectivity index (χ3v) is 4.73. The van der Waals surface area contributed by atoms with Gasteiger partial charge in [-0.25, -0.2) is 4.68 Å². The molecule has 29 heavy (non-hydrogen) atoms. The van der Waals surface area contributed by atoms with Crippen LogP contribution in [0.5, 0.6) is 11.5 Å². The van der Waals surface area contributed by atoms with Gasteiger partial charge >= 0.3 is 0 Å². The standard InChI is InChI=1S/C21H20N4O4/c1-28-14-9-7-13(8-10-14)16-11-19-23-20(26)12-17(25(19)24-16)21(27)22-15-5-3-4-6-18(15)29-2/h3-11,17H,12H2,1-2H3,(H,22,27)(H,23,26). The molecule has 0 fully saturated rings. The number of ether oxygens (including phenoxy) is 2. The van der Waals surface area contributed by atoms with Gasteiger partial charge in [-0.15, -0.1) is 0 Å². The van der Waals surface area contributed by atoms with Crippen molar-refractivity contribution in [3.05, 3.63) is 54.6 Å². The van der Waals surface area contributed by atoms with Crippen LogP contribution in [0.4, 0.5) is 11.5 Å². The third kappa shape index (κ3) is 3.64. The monoisotopic (exact) mass is 392 g/mol. The van der Waals surface area contributed by atoms with Gasteiger partial charge in [-0.3, -0.25) is 9.59 Å². The second-order valence-corrected chi connectivity index (χ2v) is 6.55. The quantitative estimate of drug-likeness (QED) is 0.696. The average molecular weight is 392 g/mol. The lowest BCUT2D eigenvalue weighted by atomic mass is 10.1. The number of carbonyl (C=O) groups excluding carboxylic acids is 2. The van der Waals surface area contributed by atoms with Crippen LogP contribution in [0.15, 0.2) is 54.6 Å². The number of anilines is 2. The van der Waals surface area contributed by atoms with Crippen molar-refractivity contribution >= 4 is 23.3 Å². The Hall–Kier alpha value is -3.81. The van der Waals surface area contributed by atoms with Gasteiger partial charge in [0.15, 0.2) is 0 Å². The van der Waals surface area contributed by atoms with Gasteiger partial charge < -0.3 is 20.1 Å². The molecule has 0 spiro atoms. The zero-order chi connectivity index (χ0) is 20.4. The molecule has 1 aliphatic rings. The topological polar surface area (TPSA) is 94.5 Å². The minimum Gasteiger partial charge on any atom is -0.497 e. The molecule has 1 atom stereocenters. The minimum absolute atomic E-state index is 0.00227. The van der Waals surface area contributed by atoms with Gasteiger partial charge in [0.25, 0.3) is 0 Å². The van der Waals surface area contributed by atoms with E-state index in [1.54, 1.807) is 36.1 Å². The number of rotatable bonds is 5. The lowest BCUT2D eigenvalue weighted by molar-refractivity contribution is -0.125. The molecule has 1 aromatic heterocycles. The highest BCUT2D eigenvalue weighted by Crippen LogP contribution is 2.32. The van der Waals surface area contributed by atoms with Gasteiger partial charge in [-0.05, 0) is 36.4 Å². The summed E-state index contributed by atoms with van der Waals surface area (Å²) < 4.78 is 12.0. The van der Waals surface area contributed by atoms with E-state index in [0.717, 1.165) is 11.3 Å². The molecule has 8 nitrogen and oxygen atoms in total. The predicted molar refractivity (Wildman–Crippen MR) is 108 cm³/mol. The van der Waals surface area contributed by atoms with Crippen molar-refractivity contribution in [3.8, 4) is 22.8 Å². The molecule has 2 amide bonds. The first-order valence-electron chi connectivity index (χ1n) is 9.06. The molecule has 2 heterocycles. The Morgan fingerprint density at radius 3 is 2.62 bits per heavy atom. The van der Waals surface area contributed by atoms with Crippen molar-refractivity contribution in [2.75, 3.05) is 24.9 Å². The van der Waals surface area contributed by atoms with Gasteiger partial charge in [0.2, 0.25) is 11.8 Å². The Morgan fingerprint density at radius 1 is 1.14 bits per heavy atom. The number of nitrogens with zero attached hydrogens (tertiary/aromatic N) is 2. The van der Waals surface area contributed by atoms with Crippen LogP contribution in [-0.4, -0.2) is 35.8 Å². The summed E-state index contributed by atoms with van der Waals surface area (Å²) in [5, 5.41) is 10.2. The molecule has 0 bridgehead atoms. The average Bonchev–Trinajstić information content (AvgIpc) is 3.17. The Bertz CT molecular complexity index is 1060. The van der Waals surface area contributed by atoms with Gasteiger partial charge in [-0.2, -0.15) is 5.10 Å². The zero-order valence-corrected chi connectivity index (χ0v) is 16.0. The van der Waals surface area contributed by atoms with Gasteiger partial charge in [0.05, 0.1) is 32.0 Å². The van der Waals surface area contributed by atoms with Crippen LogP contribution in [0.2, 0.25) is 0 Å². The minimum atomic E-state index is -0.768. The predicted octanol–water partition coefficient (Wildman–Crippen LogP) is 3.09. The van der Waals surface area contributed by atoms with Crippen molar-refractivity contribution in [2.45, 2.75) is 12.5 Å².